The smallest absolute Gasteiger partial charge is 0.157 e. The first kappa shape index (κ1) is 31.0. The van der Waals surface area contributed by atoms with E-state index in [1.165, 1.54) is 50.5 Å². The zero-order valence-corrected chi connectivity index (χ0v) is 22.6. The van der Waals surface area contributed by atoms with Crippen molar-refractivity contribution in [3.8, 4) is 5.75 Å². The van der Waals surface area contributed by atoms with Crippen LogP contribution in [-0.4, -0.2) is 79.0 Å². The maximum atomic E-state index is 5.76. The molecule has 1 unspecified atom stereocenters. The molecule has 208 valence electrons. The van der Waals surface area contributed by atoms with Gasteiger partial charge in [0.05, 0.1) is 59.5 Å². The van der Waals surface area contributed by atoms with E-state index < -0.39 is 0 Å². The molecule has 1 aliphatic rings. The molecule has 0 radical (unpaired) electrons. The Morgan fingerprint density at radius 2 is 1.25 bits per heavy atom. The molecule has 2 rings (SSSR count). The van der Waals surface area contributed by atoms with Gasteiger partial charge in [-0.15, -0.1) is 0 Å². The lowest BCUT2D eigenvalue weighted by molar-refractivity contribution is -0.169. The minimum Gasteiger partial charge on any atom is -0.491 e. The van der Waals surface area contributed by atoms with E-state index in [4.69, 9.17) is 33.2 Å². The number of ether oxygens (including phenoxy) is 7. The van der Waals surface area contributed by atoms with Crippen LogP contribution in [0.3, 0.4) is 0 Å². The van der Waals surface area contributed by atoms with Gasteiger partial charge in [-0.1, -0.05) is 51.2 Å². The summed E-state index contributed by atoms with van der Waals surface area (Å²) < 4.78 is 39.0. The van der Waals surface area contributed by atoms with Crippen LogP contribution in [0.1, 0.15) is 70.3 Å². The fourth-order valence-electron chi connectivity index (χ4n) is 3.92. The summed E-state index contributed by atoms with van der Waals surface area (Å²) in [5, 5.41) is 0. The summed E-state index contributed by atoms with van der Waals surface area (Å²) in [5.74, 6) is 0.897. The lowest BCUT2D eigenvalue weighted by Gasteiger charge is -2.22. The van der Waals surface area contributed by atoms with Crippen LogP contribution >= 0.6 is 0 Å². The summed E-state index contributed by atoms with van der Waals surface area (Å²) >= 11 is 0. The first-order valence-corrected chi connectivity index (χ1v) is 14.1. The van der Waals surface area contributed by atoms with E-state index in [-0.39, 0.29) is 6.29 Å². The maximum absolute atomic E-state index is 5.76. The zero-order valence-electron chi connectivity index (χ0n) is 22.6. The van der Waals surface area contributed by atoms with Crippen molar-refractivity contribution in [1.29, 1.82) is 0 Å². The van der Waals surface area contributed by atoms with Crippen LogP contribution < -0.4 is 4.74 Å². The van der Waals surface area contributed by atoms with Gasteiger partial charge in [0.25, 0.3) is 0 Å². The van der Waals surface area contributed by atoms with Crippen LogP contribution in [0.25, 0.3) is 0 Å². The highest BCUT2D eigenvalue weighted by molar-refractivity contribution is 5.27. The van der Waals surface area contributed by atoms with E-state index in [0.717, 1.165) is 31.6 Å². The first-order valence-electron chi connectivity index (χ1n) is 14.1. The van der Waals surface area contributed by atoms with Crippen molar-refractivity contribution >= 4 is 0 Å². The highest BCUT2D eigenvalue weighted by Crippen LogP contribution is 2.15. The van der Waals surface area contributed by atoms with Crippen molar-refractivity contribution in [2.45, 2.75) is 77.4 Å². The lowest BCUT2D eigenvalue weighted by Crippen LogP contribution is -2.24. The van der Waals surface area contributed by atoms with Crippen LogP contribution in [0.5, 0.6) is 5.75 Å². The van der Waals surface area contributed by atoms with Gasteiger partial charge in [-0.05, 0) is 49.8 Å². The highest BCUT2D eigenvalue weighted by Gasteiger charge is 2.13. The molecule has 0 amide bonds. The Kier molecular flexibility index (Phi) is 19.8. The maximum Gasteiger partial charge on any atom is 0.157 e. The van der Waals surface area contributed by atoms with Crippen LogP contribution in [0.2, 0.25) is 0 Å². The Morgan fingerprint density at radius 3 is 1.86 bits per heavy atom. The Hall–Kier alpha value is -1.22. The van der Waals surface area contributed by atoms with Gasteiger partial charge in [0.1, 0.15) is 12.4 Å². The third-order valence-electron chi connectivity index (χ3n) is 6.02. The van der Waals surface area contributed by atoms with Crippen molar-refractivity contribution in [1.82, 2.24) is 0 Å². The largest absolute Gasteiger partial charge is 0.491 e. The van der Waals surface area contributed by atoms with Crippen molar-refractivity contribution in [2.24, 2.45) is 0 Å². The van der Waals surface area contributed by atoms with Crippen molar-refractivity contribution in [3.63, 3.8) is 0 Å². The minimum absolute atomic E-state index is 0.0518. The zero-order chi connectivity index (χ0) is 25.4. The molecular formula is C29H50O7. The normalized spacial score (nSPS) is 15.9. The monoisotopic (exact) mass is 510 g/mol. The predicted molar refractivity (Wildman–Crippen MR) is 142 cm³/mol. The highest BCUT2D eigenvalue weighted by atomic mass is 16.7. The average Bonchev–Trinajstić information content (AvgIpc) is 2.91. The summed E-state index contributed by atoms with van der Waals surface area (Å²) in [7, 11) is 0. The van der Waals surface area contributed by atoms with Gasteiger partial charge in [-0.25, -0.2) is 0 Å². The second kappa shape index (κ2) is 22.9. The fraction of sp³-hybridized carbons (Fsp3) is 0.793. The van der Waals surface area contributed by atoms with E-state index in [2.05, 4.69) is 31.2 Å². The third-order valence-corrected chi connectivity index (χ3v) is 6.02. The van der Waals surface area contributed by atoms with Gasteiger partial charge in [0.15, 0.2) is 6.29 Å². The van der Waals surface area contributed by atoms with Gasteiger partial charge in [-0.3, -0.25) is 0 Å². The molecule has 1 aromatic rings. The molecule has 0 spiro atoms. The lowest BCUT2D eigenvalue weighted by atomic mass is 10.0. The van der Waals surface area contributed by atoms with Gasteiger partial charge in [-0.2, -0.15) is 0 Å². The van der Waals surface area contributed by atoms with E-state index in [1.807, 2.05) is 0 Å². The molecule has 1 aliphatic heterocycles. The molecule has 0 bridgehead atoms. The summed E-state index contributed by atoms with van der Waals surface area (Å²) in [6, 6.07) is 8.46. The molecule has 36 heavy (non-hydrogen) atoms. The van der Waals surface area contributed by atoms with Crippen LogP contribution in [-0.2, 0) is 34.8 Å². The molecule has 1 atom stereocenters. The number of hydrogen-bond donors (Lipinski definition) is 0. The minimum atomic E-state index is -0.0518. The standard InChI is InChI=1S/C29H50O7/c1-2-3-4-5-6-7-10-27-12-14-28(15-13-27)34-25-23-32-21-19-30-17-18-31-20-22-33-24-26-36-29-11-8-9-16-35-29/h12-15,29H,2-11,16-26H2,1H3. The molecule has 1 aromatic carbocycles. The van der Waals surface area contributed by atoms with Gasteiger partial charge < -0.3 is 33.2 Å². The SMILES string of the molecule is CCCCCCCCc1ccc(OCCOCCOCCOCCOCCOC2CCCCO2)cc1. The third kappa shape index (κ3) is 17.3. The molecule has 0 saturated carbocycles. The number of benzene rings is 1. The molecular weight excluding hydrogens is 460 g/mol. The fourth-order valence-corrected chi connectivity index (χ4v) is 3.92. The molecule has 0 aromatic heterocycles. The van der Waals surface area contributed by atoms with E-state index >= 15 is 0 Å². The summed E-state index contributed by atoms with van der Waals surface area (Å²) in [5.41, 5.74) is 1.39. The van der Waals surface area contributed by atoms with Gasteiger partial charge in [0.2, 0.25) is 0 Å². The van der Waals surface area contributed by atoms with E-state index in [1.54, 1.807) is 0 Å². The van der Waals surface area contributed by atoms with Crippen molar-refractivity contribution < 1.29 is 33.2 Å². The molecule has 1 saturated heterocycles. The van der Waals surface area contributed by atoms with E-state index in [0.29, 0.717) is 66.1 Å². The first-order chi connectivity index (χ1) is 17.9. The summed E-state index contributed by atoms with van der Waals surface area (Å²) in [6.07, 6.45) is 12.4. The molecule has 7 heteroatoms. The number of hydrogen-bond acceptors (Lipinski definition) is 7. The van der Waals surface area contributed by atoms with Gasteiger partial charge >= 0.3 is 0 Å². The Bertz CT molecular complexity index is 590. The molecule has 1 fully saturated rings. The predicted octanol–water partition coefficient (Wildman–Crippen LogP) is 5.58. The average molecular weight is 511 g/mol. The van der Waals surface area contributed by atoms with Crippen molar-refractivity contribution in [3.05, 3.63) is 29.8 Å². The molecule has 7 nitrogen and oxygen atoms in total. The number of rotatable bonds is 24. The number of unbranched alkanes of at least 4 members (excludes halogenated alkanes) is 5. The van der Waals surface area contributed by atoms with E-state index in [9.17, 15) is 0 Å². The van der Waals surface area contributed by atoms with Crippen LogP contribution in [0.4, 0.5) is 0 Å². The summed E-state index contributed by atoms with van der Waals surface area (Å²) in [4.78, 5) is 0. The second-order valence-corrected chi connectivity index (χ2v) is 9.13. The molecule has 1 heterocycles. The van der Waals surface area contributed by atoms with Gasteiger partial charge in [0, 0.05) is 6.61 Å². The second-order valence-electron chi connectivity index (χ2n) is 9.13. The molecule has 0 N–H and O–H groups in total. The van der Waals surface area contributed by atoms with Crippen LogP contribution in [0, 0.1) is 0 Å². The molecule has 0 aliphatic carbocycles. The topological polar surface area (TPSA) is 64.6 Å². The summed E-state index contributed by atoms with van der Waals surface area (Å²) in [6.45, 7) is 8.58. The van der Waals surface area contributed by atoms with Crippen LogP contribution in [0.15, 0.2) is 24.3 Å². The van der Waals surface area contributed by atoms with Crippen molar-refractivity contribution in [2.75, 3.05) is 72.7 Å². The Balaban J connectivity index is 1.28. The quantitative estimate of drug-likeness (QED) is 0.168. The Morgan fingerprint density at radius 1 is 0.667 bits per heavy atom. The Labute approximate surface area is 219 Å². The number of aryl methyl sites for hydroxylation is 1.